The molecule has 0 bridgehead atoms. The van der Waals surface area contributed by atoms with Crippen molar-refractivity contribution >= 4 is 12.3 Å². The Hall–Kier alpha value is -1.91. The fourth-order valence-electron chi connectivity index (χ4n) is 1.05. The summed E-state index contributed by atoms with van der Waals surface area (Å²) >= 11 is 0. The number of aldehydes is 1. The number of aliphatic carboxylic acids is 1. The molecular weight excluding hydrogens is 198 g/mol. The Morgan fingerprint density at radius 2 is 2.33 bits per heavy atom. The van der Waals surface area contributed by atoms with Crippen molar-refractivity contribution in [1.82, 2.24) is 4.98 Å². The predicted octanol–water partition coefficient (Wildman–Crippen LogP) is 1.06. The van der Waals surface area contributed by atoms with Crippen molar-refractivity contribution in [1.29, 1.82) is 0 Å². The van der Waals surface area contributed by atoms with Crippen LogP contribution in [0, 0.1) is 6.92 Å². The first-order chi connectivity index (χ1) is 7.11. The third-order valence-electron chi connectivity index (χ3n) is 1.65. The largest absolute Gasteiger partial charge is 0.481 e. The number of aromatic nitrogens is 1. The minimum Gasteiger partial charge on any atom is -0.481 e. The standard InChI is InChI=1S/C10H11NO4/c1-7-4-8(6-12)5-9(11-7)15-3-2-10(13)14/h4-6H,2-3H2,1H3,(H,13,14). The van der Waals surface area contributed by atoms with Crippen LogP contribution in [-0.2, 0) is 4.79 Å². The number of ether oxygens (including phenoxy) is 1. The quantitative estimate of drug-likeness (QED) is 0.733. The van der Waals surface area contributed by atoms with E-state index in [9.17, 15) is 9.59 Å². The van der Waals surface area contributed by atoms with Crippen LogP contribution in [0.2, 0.25) is 0 Å². The van der Waals surface area contributed by atoms with Crippen LogP contribution in [0.15, 0.2) is 12.1 Å². The van der Waals surface area contributed by atoms with Gasteiger partial charge in [0.25, 0.3) is 0 Å². The Kier molecular flexibility index (Phi) is 3.79. The summed E-state index contributed by atoms with van der Waals surface area (Å²) < 4.78 is 5.09. The summed E-state index contributed by atoms with van der Waals surface area (Å²) in [6, 6.07) is 3.10. The fraction of sp³-hybridized carbons (Fsp3) is 0.300. The van der Waals surface area contributed by atoms with Gasteiger partial charge in [-0.2, -0.15) is 0 Å². The third-order valence-corrected chi connectivity index (χ3v) is 1.65. The smallest absolute Gasteiger partial charge is 0.306 e. The molecule has 1 N–H and O–H groups in total. The first kappa shape index (κ1) is 11.2. The molecule has 0 atom stereocenters. The van der Waals surface area contributed by atoms with Crippen LogP contribution in [0.5, 0.6) is 5.88 Å². The average Bonchev–Trinajstić information content (AvgIpc) is 2.16. The summed E-state index contributed by atoms with van der Waals surface area (Å²) in [4.78, 5) is 24.7. The number of pyridine rings is 1. The molecule has 1 heterocycles. The molecule has 0 aliphatic carbocycles. The van der Waals surface area contributed by atoms with Gasteiger partial charge in [-0.05, 0) is 13.0 Å². The van der Waals surface area contributed by atoms with E-state index in [-0.39, 0.29) is 18.9 Å². The van der Waals surface area contributed by atoms with Crippen molar-refractivity contribution in [2.24, 2.45) is 0 Å². The van der Waals surface area contributed by atoms with Crippen molar-refractivity contribution in [3.63, 3.8) is 0 Å². The number of carbonyl (C=O) groups excluding carboxylic acids is 1. The first-order valence-corrected chi connectivity index (χ1v) is 4.40. The monoisotopic (exact) mass is 209 g/mol. The molecule has 15 heavy (non-hydrogen) atoms. The van der Waals surface area contributed by atoms with Crippen LogP contribution in [0.25, 0.3) is 0 Å². The van der Waals surface area contributed by atoms with Crippen LogP contribution >= 0.6 is 0 Å². The van der Waals surface area contributed by atoms with E-state index in [1.807, 2.05) is 0 Å². The van der Waals surface area contributed by atoms with Gasteiger partial charge in [0.05, 0.1) is 6.42 Å². The van der Waals surface area contributed by atoms with Crippen LogP contribution < -0.4 is 4.74 Å². The molecule has 5 nitrogen and oxygen atoms in total. The Labute approximate surface area is 86.7 Å². The lowest BCUT2D eigenvalue weighted by molar-refractivity contribution is -0.137. The summed E-state index contributed by atoms with van der Waals surface area (Å²) in [6.07, 6.45) is 0.602. The molecule has 0 fully saturated rings. The van der Waals surface area contributed by atoms with Crippen molar-refractivity contribution in [2.75, 3.05) is 6.61 Å². The zero-order chi connectivity index (χ0) is 11.3. The first-order valence-electron chi connectivity index (χ1n) is 4.40. The SMILES string of the molecule is Cc1cc(C=O)cc(OCCC(=O)O)n1. The summed E-state index contributed by atoms with van der Waals surface area (Å²) in [6.45, 7) is 1.78. The minimum absolute atomic E-state index is 0.0457. The molecule has 1 aromatic heterocycles. The van der Waals surface area contributed by atoms with Gasteiger partial charge in [-0.25, -0.2) is 4.98 Å². The van der Waals surface area contributed by atoms with Gasteiger partial charge < -0.3 is 9.84 Å². The maximum Gasteiger partial charge on any atom is 0.306 e. The number of carboxylic acid groups (broad SMARTS) is 1. The van der Waals surface area contributed by atoms with Gasteiger partial charge in [-0.1, -0.05) is 0 Å². The van der Waals surface area contributed by atoms with E-state index in [1.54, 1.807) is 13.0 Å². The lowest BCUT2D eigenvalue weighted by atomic mass is 10.2. The van der Waals surface area contributed by atoms with E-state index in [2.05, 4.69) is 4.98 Å². The Morgan fingerprint density at radius 1 is 1.60 bits per heavy atom. The van der Waals surface area contributed by atoms with Crippen molar-refractivity contribution in [2.45, 2.75) is 13.3 Å². The molecule has 0 aliphatic rings. The van der Waals surface area contributed by atoms with Crippen LogP contribution in [0.4, 0.5) is 0 Å². The normalized spacial score (nSPS) is 9.67. The number of rotatable bonds is 5. The molecule has 0 saturated carbocycles. The molecule has 80 valence electrons. The van der Waals surface area contributed by atoms with Crippen LogP contribution in [-0.4, -0.2) is 29.0 Å². The second-order valence-corrected chi connectivity index (χ2v) is 2.99. The molecule has 0 unspecified atom stereocenters. The zero-order valence-electron chi connectivity index (χ0n) is 8.27. The van der Waals surface area contributed by atoms with E-state index in [0.29, 0.717) is 17.5 Å². The number of hydrogen-bond acceptors (Lipinski definition) is 4. The van der Waals surface area contributed by atoms with Crippen molar-refractivity contribution in [3.8, 4) is 5.88 Å². The number of nitrogens with zero attached hydrogens (tertiary/aromatic N) is 1. The zero-order valence-corrected chi connectivity index (χ0v) is 8.27. The van der Waals surface area contributed by atoms with Gasteiger partial charge in [0.2, 0.25) is 5.88 Å². The molecule has 1 aromatic rings. The van der Waals surface area contributed by atoms with Crippen LogP contribution in [0.3, 0.4) is 0 Å². The lowest BCUT2D eigenvalue weighted by Crippen LogP contribution is -2.06. The number of aryl methyl sites for hydroxylation is 1. The molecule has 5 heteroatoms. The van der Waals surface area contributed by atoms with Gasteiger partial charge in [-0.15, -0.1) is 0 Å². The number of hydrogen-bond donors (Lipinski definition) is 1. The molecular formula is C10H11NO4. The molecule has 0 amide bonds. The summed E-state index contributed by atoms with van der Waals surface area (Å²) in [5.41, 5.74) is 1.12. The summed E-state index contributed by atoms with van der Waals surface area (Å²) in [5, 5.41) is 8.39. The number of carbonyl (C=O) groups is 2. The van der Waals surface area contributed by atoms with E-state index in [4.69, 9.17) is 9.84 Å². The van der Waals surface area contributed by atoms with E-state index < -0.39 is 5.97 Å². The highest BCUT2D eigenvalue weighted by molar-refractivity contribution is 5.75. The van der Waals surface area contributed by atoms with E-state index in [1.165, 1.54) is 6.07 Å². The topological polar surface area (TPSA) is 76.5 Å². The fourth-order valence-corrected chi connectivity index (χ4v) is 1.05. The maximum absolute atomic E-state index is 10.5. The Morgan fingerprint density at radius 3 is 2.93 bits per heavy atom. The maximum atomic E-state index is 10.5. The van der Waals surface area contributed by atoms with Gasteiger partial charge in [0.15, 0.2) is 0 Å². The van der Waals surface area contributed by atoms with Gasteiger partial charge in [0.1, 0.15) is 12.9 Å². The van der Waals surface area contributed by atoms with Crippen molar-refractivity contribution < 1.29 is 19.4 Å². The van der Waals surface area contributed by atoms with Gasteiger partial charge >= 0.3 is 5.97 Å². The molecule has 1 rings (SSSR count). The number of carboxylic acids is 1. The molecule has 0 spiro atoms. The van der Waals surface area contributed by atoms with Gasteiger partial charge in [0, 0.05) is 17.3 Å². The summed E-state index contributed by atoms with van der Waals surface area (Å²) in [7, 11) is 0. The minimum atomic E-state index is -0.932. The predicted molar refractivity (Wildman–Crippen MR) is 52.1 cm³/mol. The Bertz CT molecular complexity index is 376. The molecule has 0 aliphatic heterocycles. The van der Waals surface area contributed by atoms with Crippen molar-refractivity contribution in [3.05, 3.63) is 23.4 Å². The second kappa shape index (κ2) is 5.09. The van der Waals surface area contributed by atoms with Crippen LogP contribution in [0.1, 0.15) is 22.5 Å². The highest BCUT2D eigenvalue weighted by Crippen LogP contribution is 2.10. The van der Waals surface area contributed by atoms with Gasteiger partial charge in [-0.3, -0.25) is 9.59 Å². The molecule has 0 saturated heterocycles. The third kappa shape index (κ3) is 3.76. The lowest BCUT2D eigenvalue weighted by Gasteiger charge is -2.04. The Balaban J connectivity index is 2.64. The highest BCUT2D eigenvalue weighted by atomic mass is 16.5. The summed E-state index contributed by atoms with van der Waals surface area (Å²) in [5.74, 6) is -0.656. The highest BCUT2D eigenvalue weighted by Gasteiger charge is 2.02. The molecule has 0 radical (unpaired) electrons. The molecule has 0 aromatic carbocycles. The van der Waals surface area contributed by atoms with E-state index >= 15 is 0 Å². The van der Waals surface area contributed by atoms with E-state index in [0.717, 1.165) is 0 Å². The second-order valence-electron chi connectivity index (χ2n) is 2.99. The average molecular weight is 209 g/mol.